The summed E-state index contributed by atoms with van der Waals surface area (Å²) in [6, 6.07) is 6.17. The third kappa shape index (κ3) is 4.06. The van der Waals surface area contributed by atoms with Crippen LogP contribution in [-0.2, 0) is 11.2 Å². The summed E-state index contributed by atoms with van der Waals surface area (Å²) in [6.07, 6.45) is 6.69. The lowest BCUT2D eigenvalue weighted by Crippen LogP contribution is -2.21. The SMILES string of the molecule is O=C(O)CC1(CCc2cc(Br)ccc2Br)CCCC1. The molecule has 0 aliphatic heterocycles. The molecule has 19 heavy (non-hydrogen) atoms. The van der Waals surface area contributed by atoms with Crippen LogP contribution in [0.4, 0.5) is 0 Å². The molecule has 1 aliphatic rings. The molecule has 1 aromatic carbocycles. The Bertz CT molecular complexity index is 465. The van der Waals surface area contributed by atoms with E-state index in [9.17, 15) is 4.79 Å². The number of benzene rings is 1. The molecule has 0 bridgehead atoms. The molecular formula is C15H18Br2O2. The predicted octanol–water partition coefficient (Wildman–Crippen LogP) is 5.18. The van der Waals surface area contributed by atoms with Gasteiger partial charge in [-0.1, -0.05) is 44.7 Å². The zero-order valence-corrected chi connectivity index (χ0v) is 14.0. The highest BCUT2D eigenvalue weighted by Gasteiger charge is 2.35. The van der Waals surface area contributed by atoms with Gasteiger partial charge >= 0.3 is 5.97 Å². The van der Waals surface area contributed by atoms with Gasteiger partial charge in [-0.3, -0.25) is 4.79 Å². The van der Waals surface area contributed by atoms with Gasteiger partial charge in [-0.2, -0.15) is 0 Å². The second-order valence-corrected chi connectivity index (χ2v) is 7.28. The van der Waals surface area contributed by atoms with Gasteiger partial charge < -0.3 is 5.11 Å². The van der Waals surface area contributed by atoms with Gasteiger partial charge in [0.25, 0.3) is 0 Å². The van der Waals surface area contributed by atoms with Crippen LogP contribution < -0.4 is 0 Å². The molecule has 1 aromatic rings. The van der Waals surface area contributed by atoms with Gasteiger partial charge in [0.15, 0.2) is 0 Å². The average Bonchev–Trinajstić information content (AvgIpc) is 2.78. The van der Waals surface area contributed by atoms with E-state index in [1.165, 1.54) is 18.4 Å². The number of aryl methyl sites for hydroxylation is 1. The highest BCUT2D eigenvalue weighted by Crippen LogP contribution is 2.45. The third-order valence-corrected chi connectivity index (χ3v) is 5.39. The molecule has 0 radical (unpaired) electrons. The zero-order chi connectivity index (χ0) is 13.9. The van der Waals surface area contributed by atoms with Crippen LogP contribution in [0.3, 0.4) is 0 Å². The maximum atomic E-state index is 11.1. The van der Waals surface area contributed by atoms with Crippen molar-refractivity contribution < 1.29 is 9.90 Å². The van der Waals surface area contributed by atoms with E-state index >= 15 is 0 Å². The van der Waals surface area contributed by atoms with Crippen molar-refractivity contribution in [3.8, 4) is 0 Å². The smallest absolute Gasteiger partial charge is 0.303 e. The molecule has 0 saturated heterocycles. The molecule has 104 valence electrons. The highest BCUT2D eigenvalue weighted by molar-refractivity contribution is 9.11. The van der Waals surface area contributed by atoms with Crippen molar-refractivity contribution in [2.75, 3.05) is 0 Å². The Hall–Kier alpha value is -0.350. The first-order chi connectivity index (χ1) is 9.01. The van der Waals surface area contributed by atoms with Crippen LogP contribution in [-0.4, -0.2) is 11.1 Å². The Kier molecular flexibility index (Phi) is 5.07. The first-order valence-corrected chi connectivity index (χ1v) is 8.25. The largest absolute Gasteiger partial charge is 0.481 e. The van der Waals surface area contributed by atoms with Crippen molar-refractivity contribution in [1.82, 2.24) is 0 Å². The fraction of sp³-hybridized carbons (Fsp3) is 0.533. The number of hydrogen-bond donors (Lipinski definition) is 1. The van der Waals surface area contributed by atoms with Gasteiger partial charge in [-0.25, -0.2) is 0 Å². The third-order valence-electron chi connectivity index (χ3n) is 4.12. The van der Waals surface area contributed by atoms with Crippen LogP contribution >= 0.6 is 31.9 Å². The number of carbonyl (C=O) groups is 1. The first kappa shape index (κ1) is 15.0. The fourth-order valence-corrected chi connectivity index (χ4v) is 3.95. The summed E-state index contributed by atoms with van der Waals surface area (Å²) >= 11 is 7.06. The Balaban J connectivity index is 2.06. The molecule has 1 saturated carbocycles. The molecule has 1 N–H and O–H groups in total. The average molecular weight is 390 g/mol. The number of carboxylic acid groups (broad SMARTS) is 1. The summed E-state index contributed by atoms with van der Waals surface area (Å²) in [5, 5.41) is 9.12. The molecule has 0 heterocycles. The van der Waals surface area contributed by atoms with E-state index in [0.29, 0.717) is 6.42 Å². The van der Waals surface area contributed by atoms with E-state index < -0.39 is 5.97 Å². The molecular weight excluding hydrogens is 372 g/mol. The lowest BCUT2D eigenvalue weighted by Gasteiger charge is -2.27. The van der Waals surface area contributed by atoms with Crippen molar-refractivity contribution in [3.05, 3.63) is 32.7 Å². The van der Waals surface area contributed by atoms with Crippen LogP contribution in [0.25, 0.3) is 0 Å². The molecule has 2 nitrogen and oxygen atoms in total. The summed E-state index contributed by atoms with van der Waals surface area (Å²) in [6.45, 7) is 0. The fourth-order valence-electron chi connectivity index (χ4n) is 3.10. The molecule has 0 spiro atoms. The molecule has 4 heteroatoms. The van der Waals surface area contributed by atoms with Crippen molar-refractivity contribution in [3.63, 3.8) is 0 Å². The molecule has 0 amide bonds. The normalized spacial score (nSPS) is 17.6. The van der Waals surface area contributed by atoms with Gasteiger partial charge in [-0.05, 0) is 54.9 Å². The first-order valence-electron chi connectivity index (χ1n) is 6.67. The topological polar surface area (TPSA) is 37.3 Å². The minimum absolute atomic E-state index is 0.0214. The predicted molar refractivity (Wildman–Crippen MR) is 83.3 cm³/mol. The van der Waals surface area contributed by atoms with Crippen molar-refractivity contribution in [2.45, 2.75) is 44.9 Å². The number of carboxylic acids is 1. The van der Waals surface area contributed by atoms with Gasteiger partial charge in [-0.15, -0.1) is 0 Å². The maximum absolute atomic E-state index is 11.1. The summed E-state index contributed by atoms with van der Waals surface area (Å²) in [5.74, 6) is -0.657. The van der Waals surface area contributed by atoms with Crippen LogP contribution in [0.2, 0.25) is 0 Å². The van der Waals surface area contributed by atoms with Crippen LogP contribution in [0.15, 0.2) is 27.1 Å². The standard InChI is InChI=1S/C15H18Br2O2/c16-12-3-4-13(17)11(9-12)5-8-15(10-14(18)19)6-1-2-7-15/h3-4,9H,1-2,5-8,10H2,(H,18,19). The molecule has 0 atom stereocenters. The van der Waals surface area contributed by atoms with E-state index in [1.807, 2.05) is 12.1 Å². The summed E-state index contributed by atoms with van der Waals surface area (Å²) < 4.78 is 2.18. The van der Waals surface area contributed by atoms with E-state index in [0.717, 1.165) is 34.6 Å². The summed E-state index contributed by atoms with van der Waals surface area (Å²) in [4.78, 5) is 11.1. The molecule has 1 aliphatic carbocycles. The van der Waals surface area contributed by atoms with Crippen LogP contribution in [0.1, 0.15) is 44.1 Å². The zero-order valence-electron chi connectivity index (χ0n) is 10.8. The van der Waals surface area contributed by atoms with Gasteiger partial charge in [0.1, 0.15) is 0 Å². The Morgan fingerprint density at radius 2 is 1.95 bits per heavy atom. The Morgan fingerprint density at radius 1 is 1.26 bits per heavy atom. The van der Waals surface area contributed by atoms with Gasteiger partial charge in [0.05, 0.1) is 6.42 Å². The van der Waals surface area contributed by atoms with E-state index in [2.05, 4.69) is 37.9 Å². The highest BCUT2D eigenvalue weighted by atomic mass is 79.9. The number of aliphatic carboxylic acids is 1. The Labute approximate surface area is 130 Å². The second kappa shape index (κ2) is 6.40. The number of hydrogen-bond acceptors (Lipinski definition) is 1. The van der Waals surface area contributed by atoms with Crippen LogP contribution in [0, 0.1) is 5.41 Å². The van der Waals surface area contributed by atoms with E-state index in [1.54, 1.807) is 0 Å². The Morgan fingerprint density at radius 3 is 2.58 bits per heavy atom. The molecule has 2 rings (SSSR count). The van der Waals surface area contributed by atoms with Crippen LogP contribution in [0.5, 0.6) is 0 Å². The van der Waals surface area contributed by atoms with Crippen molar-refractivity contribution in [2.24, 2.45) is 5.41 Å². The summed E-state index contributed by atoms with van der Waals surface area (Å²) in [5.41, 5.74) is 1.28. The lowest BCUT2D eigenvalue weighted by molar-refractivity contribution is -0.139. The quantitative estimate of drug-likeness (QED) is 0.753. The van der Waals surface area contributed by atoms with Gasteiger partial charge in [0, 0.05) is 8.95 Å². The minimum Gasteiger partial charge on any atom is -0.481 e. The second-order valence-electron chi connectivity index (χ2n) is 5.51. The van der Waals surface area contributed by atoms with Gasteiger partial charge in [0.2, 0.25) is 0 Å². The lowest BCUT2D eigenvalue weighted by atomic mass is 9.77. The van der Waals surface area contributed by atoms with Crippen molar-refractivity contribution >= 4 is 37.8 Å². The molecule has 1 fully saturated rings. The maximum Gasteiger partial charge on any atom is 0.303 e. The number of halogens is 2. The number of rotatable bonds is 5. The minimum atomic E-state index is -0.657. The van der Waals surface area contributed by atoms with E-state index in [-0.39, 0.29) is 5.41 Å². The van der Waals surface area contributed by atoms with E-state index in [4.69, 9.17) is 5.11 Å². The molecule has 0 unspecified atom stereocenters. The molecule has 0 aromatic heterocycles. The monoisotopic (exact) mass is 388 g/mol. The summed E-state index contributed by atoms with van der Waals surface area (Å²) in [7, 11) is 0. The van der Waals surface area contributed by atoms with Crippen molar-refractivity contribution in [1.29, 1.82) is 0 Å².